The van der Waals surface area contributed by atoms with Crippen LogP contribution in [0.4, 0.5) is 5.95 Å². The Morgan fingerprint density at radius 2 is 2.06 bits per heavy atom. The Morgan fingerprint density at radius 1 is 1.41 bits per heavy atom. The van der Waals surface area contributed by atoms with E-state index in [-0.39, 0.29) is 5.56 Å². The van der Waals surface area contributed by atoms with Gasteiger partial charge in [-0.05, 0) is 14.0 Å². The summed E-state index contributed by atoms with van der Waals surface area (Å²) in [6.45, 7) is 4.85. The molecule has 1 unspecified atom stereocenters. The summed E-state index contributed by atoms with van der Waals surface area (Å²) in [5, 5.41) is 8.76. The van der Waals surface area contributed by atoms with Gasteiger partial charge in [-0.1, -0.05) is 0 Å². The molecule has 17 heavy (non-hydrogen) atoms. The van der Waals surface area contributed by atoms with E-state index in [2.05, 4.69) is 33.7 Å². The fraction of sp³-hybridized carbons (Fsp3) is 0.545. The zero-order valence-corrected chi connectivity index (χ0v) is 10.00. The lowest BCUT2D eigenvalue weighted by Gasteiger charge is -2.37. The molecule has 92 valence electrons. The molecule has 6 nitrogen and oxygen atoms in total. The number of piperazine rings is 1. The summed E-state index contributed by atoms with van der Waals surface area (Å²) in [6, 6.07) is 0.450. The van der Waals surface area contributed by atoms with E-state index < -0.39 is 5.97 Å². The maximum atomic E-state index is 10.7. The third-order valence-corrected chi connectivity index (χ3v) is 3.13. The SMILES string of the molecule is CC1CN(c2ncc(C(=O)O)cn2)CCN1C. The second-order valence-electron chi connectivity index (χ2n) is 4.35. The molecule has 0 saturated carbocycles. The normalized spacial score (nSPS) is 21.5. The molecule has 6 heteroatoms. The van der Waals surface area contributed by atoms with E-state index in [4.69, 9.17) is 5.11 Å². The van der Waals surface area contributed by atoms with Crippen molar-refractivity contribution in [3.05, 3.63) is 18.0 Å². The molecule has 1 saturated heterocycles. The number of nitrogens with zero attached hydrogens (tertiary/aromatic N) is 4. The van der Waals surface area contributed by atoms with Crippen LogP contribution in [0.25, 0.3) is 0 Å². The standard InChI is InChI=1S/C11H16N4O2/c1-8-7-15(4-3-14(8)2)11-12-5-9(6-13-11)10(16)17/h5-6,8H,3-4,7H2,1-2H3,(H,16,17). The molecule has 0 amide bonds. The van der Waals surface area contributed by atoms with Crippen LogP contribution >= 0.6 is 0 Å². The van der Waals surface area contributed by atoms with Crippen LogP contribution in [0.2, 0.25) is 0 Å². The number of aromatic carboxylic acids is 1. The van der Waals surface area contributed by atoms with Crippen LogP contribution in [-0.2, 0) is 0 Å². The van der Waals surface area contributed by atoms with Crippen molar-refractivity contribution < 1.29 is 9.90 Å². The van der Waals surface area contributed by atoms with E-state index in [0.717, 1.165) is 19.6 Å². The Kier molecular flexibility index (Phi) is 3.23. The molecule has 2 rings (SSSR count). The molecule has 1 aliphatic rings. The summed E-state index contributed by atoms with van der Waals surface area (Å²) in [5.74, 6) is -0.391. The number of likely N-dealkylation sites (N-methyl/N-ethyl adjacent to an activating group) is 1. The third-order valence-electron chi connectivity index (χ3n) is 3.13. The summed E-state index contributed by atoms with van der Waals surface area (Å²) in [6.07, 6.45) is 2.71. The Bertz CT molecular complexity index is 406. The molecule has 0 bridgehead atoms. The fourth-order valence-electron chi connectivity index (χ4n) is 1.83. The van der Waals surface area contributed by atoms with Gasteiger partial charge in [-0.2, -0.15) is 0 Å². The van der Waals surface area contributed by atoms with Crippen LogP contribution in [0, 0.1) is 0 Å². The molecule has 1 aromatic rings. The van der Waals surface area contributed by atoms with Crippen LogP contribution in [0.1, 0.15) is 17.3 Å². The van der Waals surface area contributed by atoms with Crippen molar-refractivity contribution in [2.24, 2.45) is 0 Å². The van der Waals surface area contributed by atoms with Crippen molar-refractivity contribution in [3.63, 3.8) is 0 Å². The zero-order chi connectivity index (χ0) is 12.4. The second kappa shape index (κ2) is 4.67. The molecule has 1 aliphatic heterocycles. The number of aromatic nitrogens is 2. The van der Waals surface area contributed by atoms with Crippen LogP contribution in [0.5, 0.6) is 0 Å². The van der Waals surface area contributed by atoms with Crippen LogP contribution in [-0.4, -0.2) is 58.7 Å². The van der Waals surface area contributed by atoms with Crippen molar-refractivity contribution in [1.29, 1.82) is 0 Å². The third kappa shape index (κ3) is 2.52. The monoisotopic (exact) mass is 236 g/mol. The maximum absolute atomic E-state index is 10.7. The minimum atomic E-state index is -0.997. The van der Waals surface area contributed by atoms with Gasteiger partial charge in [0.1, 0.15) is 0 Å². The van der Waals surface area contributed by atoms with Gasteiger partial charge in [-0.15, -0.1) is 0 Å². The quantitative estimate of drug-likeness (QED) is 0.797. The molecular weight excluding hydrogens is 220 g/mol. The van der Waals surface area contributed by atoms with E-state index >= 15 is 0 Å². The van der Waals surface area contributed by atoms with Crippen LogP contribution in [0.15, 0.2) is 12.4 Å². The summed E-state index contributed by atoms with van der Waals surface area (Å²) in [4.78, 5) is 23.2. The highest BCUT2D eigenvalue weighted by molar-refractivity contribution is 5.86. The molecule has 1 fully saturated rings. The maximum Gasteiger partial charge on any atom is 0.338 e. The lowest BCUT2D eigenvalue weighted by molar-refractivity contribution is 0.0696. The number of carbonyl (C=O) groups is 1. The molecule has 1 atom stereocenters. The van der Waals surface area contributed by atoms with Gasteiger partial charge in [0.05, 0.1) is 5.56 Å². The molecule has 2 heterocycles. The van der Waals surface area contributed by atoms with Crippen molar-refractivity contribution in [2.75, 3.05) is 31.6 Å². The van der Waals surface area contributed by atoms with Crippen molar-refractivity contribution >= 4 is 11.9 Å². The van der Waals surface area contributed by atoms with Gasteiger partial charge in [0.25, 0.3) is 0 Å². The van der Waals surface area contributed by atoms with Gasteiger partial charge in [0, 0.05) is 38.1 Å². The van der Waals surface area contributed by atoms with E-state index in [9.17, 15) is 4.79 Å². The van der Waals surface area contributed by atoms with Gasteiger partial charge in [0.2, 0.25) is 5.95 Å². The summed E-state index contributed by atoms with van der Waals surface area (Å²) in [7, 11) is 2.09. The molecule has 0 radical (unpaired) electrons. The van der Waals surface area contributed by atoms with E-state index in [1.807, 2.05) is 0 Å². The highest BCUT2D eigenvalue weighted by atomic mass is 16.4. The molecule has 1 aromatic heterocycles. The minimum absolute atomic E-state index is 0.121. The largest absolute Gasteiger partial charge is 0.478 e. The Morgan fingerprint density at radius 3 is 2.59 bits per heavy atom. The molecule has 0 aromatic carbocycles. The van der Waals surface area contributed by atoms with Crippen LogP contribution < -0.4 is 4.90 Å². The fourth-order valence-corrected chi connectivity index (χ4v) is 1.83. The average Bonchev–Trinajstić information content (AvgIpc) is 2.33. The predicted octanol–water partition coefficient (Wildman–Crippen LogP) is 0.315. The Balaban J connectivity index is 2.10. The first-order chi connectivity index (χ1) is 8.08. The van der Waals surface area contributed by atoms with Crippen LogP contribution in [0.3, 0.4) is 0 Å². The number of rotatable bonds is 2. The molecule has 0 aliphatic carbocycles. The van der Waals surface area contributed by atoms with Crippen molar-refractivity contribution in [3.8, 4) is 0 Å². The van der Waals surface area contributed by atoms with Gasteiger partial charge >= 0.3 is 5.97 Å². The number of anilines is 1. The second-order valence-corrected chi connectivity index (χ2v) is 4.35. The lowest BCUT2D eigenvalue weighted by atomic mass is 10.2. The highest BCUT2D eigenvalue weighted by Crippen LogP contribution is 2.13. The number of carboxylic acids is 1. The molecule has 0 spiro atoms. The number of hydrogen-bond acceptors (Lipinski definition) is 5. The van der Waals surface area contributed by atoms with Crippen molar-refractivity contribution in [1.82, 2.24) is 14.9 Å². The first kappa shape index (κ1) is 11.8. The molecular formula is C11H16N4O2. The number of carboxylic acid groups (broad SMARTS) is 1. The topological polar surface area (TPSA) is 69.6 Å². The number of hydrogen-bond donors (Lipinski definition) is 1. The van der Waals surface area contributed by atoms with Gasteiger partial charge in [0.15, 0.2) is 0 Å². The highest BCUT2D eigenvalue weighted by Gasteiger charge is 2.22. The summed E-state index contributed by atoms with van der Waals surface area (Å²) >= 11 is 0. The van der Waals surface area contributed by atoms with Gasteiger partial charge in [-0.25, -0.2) is 14.8 Å². The first-order valence-electron chi connectivity index (χ1n) is 5.58. The smallest absolute Gasteiger partial charge is 0.338 e. The summed E-state index contributed by atoms with van der Waals surface area (Å²) in [5.41, 5.74) is 0.121. The molecule has 1 N–H and O–H groups in total. The summed E-state index contributed by atoms with van der Waals surface area (Å²) < 4.78 is 0. The van der Waals surface area contributed by atoms with Crippen molar-refractivity contribution in [2.45, 2.75) is 13.0 Å². The Labute approximate surface area is 99.9 Å². The van der Waals surface area contributed by atoms with E-state index in [1.165, 1.54) is 12.4 Å². The van der Waals surface area contributed by atoms with Gasteiger partial charge in [-0.3, -0.25) is 0 Å². The lowest BCUT2D eigenvalue weighted by Crippen LogP contribution is -2.50. The zero-order valence-electron chi connectivity index (χ0n) is 10.00. The predicted molar refractivity (Wildman–Crippen MR) is 63.3 cm³/mol. The first-order valence-corrected chi connectivity index (χ1v) is 5.58. The van der Waals surface area contributed by atoms with E-state index in [0.29, 0.717) is 12.0 Å². The average molecular weight is 236 g/mol. The van der Waals surface area contributed by atoms with Gasteiger partial charge < -0.3 is 14.9 Å². The Hall–Kier alpha value is -1.69. The minimum Gasteiger partial charge on any atom is -0.478 e. The van der Waals surface area contributed by atoms with E-state index in [1.54, 1.807) is 0 Å².